The fraction of sp³-hybridized carbons (Fsp3) is 0.548. The van der Waals surface area contributed by atoms with Crippen LogP contribution in [0, 0.1) is 0 Å². The van der Waals surface area contributed by atoms with Crippen molar-refractivity contribution in [1.82, 2.24) is 5.32 Å². The first kappa shape index (κ1) is 28.6. The molecule has 0 aliphatic heterocycles. The normalized spacial score (nSPS) is 12.6. The van der Waals surface area contributed by atoms with Crippen LogP contribution in [0.5, 0.6) is 0 Å². The quantitative estimate of drug-likeness (QED) is 0.156. The third-order valence-corrected chi connectivity index (χ3v) is 11.6. The average molecular weight is 480 g/mol. The number of unbranched alkanes of at least 4 members (excludes halogenated alkanes) is 6. The fourth-order valence-electron chi connectivity index (χ4n) is 4.72. The molecule has 34 heavy (non-hydrogen) atoms. The predicted molar refractivity (Wildman–Crippen MR) is 153 cm³/mol. The van der Waals surface area contributed by atoms with E-state index in [1.54, 1.807) is 0 Å². The third-order valence-electron chi connectivity index (χ3n) is 6.52. The number of allylic oxidation sites excluding steroid dienone is 2. The van der Waals surface area contributed by atoms with E-state index in [0.717, 1.165) is 19.6 Å². The number of rotatable bonds is 16. The lowest BCUT2D eigenvalue weighted by molar-refractivity contribution is 0.286. The summed E-state index contributed by atoms with van der Waals surface area (Å²) in [5, 5.41) is 6.29. The zero-order chi connectivity index (χ0) is 24.7. The van der Waals surface area contributed by atoms with Crippen molar-refractivity contribution in [3.8, 4) is 0 Å². The fourth-order valence-corrected chi connectivity index (χ4v) is 9.32. The zero-order valence-corrected chi connectivity index (χ0v) is 23.5. The molecule has 0 unspecified atom stereocenters. The minimum Gasteiger partial charge on any atom is -0.407 e. The van der Waals surface area contributed by atoms with Gasteiger partial charge < -0.3 is 9.74 Å². The molecule has 0 bridgehead atoms. The summed E-state index contributed by atoms with van der Waals surface area (Å²) < 4.78 is 6.99. The van der Waals surface area contributed by atoms with Gasteiger partial charge in [-0.25, -0.2) is 0 Å². The Morgan fingerprint density at radius 3 is 1.74 bits per heavy atom. The van der Waals surface area contributed by atoms with E-state index in [9.17, 15) is 0 Å². The highest BCUT2D eigenvalue weighted by atomic mass is 28.4. The van der Waals surface area contributed by atoms with Crippen LogP contribution in [-0.2, 0) is 4.43 Å². The van der Waals surface area contributed by atoms with E-state index in [4.69, 9.17) is 4.43 Å². The Kier molecular flexibility index (Phi) is 12.9. The molecule has 188 valence electrons. The molecule has 2 nitrogen and oxygen atoms in total. The van der Waals surface area contributed by atoms with Gasteiger partial charge in [0.05, 0.1) is 0 Å². The van der Waals surface area contributed by atoms with Crippen molar-refractivity contribution in [3.63, 3.8) is 0 Å². The highest BCUT2D eigenvalue weighted by Gasteiger charge is 2.49. The molecule has 0 radical (unpaired) electrons. The number of hydrogen-bond donors (Lipinski definition) is 1. The summed E-state index contributed by atoms with van der Waals surface area (Å²) in [7, 11) is -2.37. The number of benzene rings is 2. The van der Waals surface area contributed by atoms with E-state index in [2.05, 4.69) is 113 Å². The van der Waals surface area contributed by atoms with Crippen LogP contribution in [0.25, 0.3) is 0 Å². The summed E-state index contributed by atoms with van der Waals surface area (Å²) in [6.45, 7) is 13.5. The molecule has 0 fully saturated rings. The van der Waals surface area contributed by atoms with Gasteiger partial charge in [0.25, 0.3) is 8.32 Å². The van der Waals surface area contributed by atoms with Crippen molar-refractivity contribution in [2.75, 3.05) is 13.2 Å². The van der Waals surface area contributed by atoms with Crippen molar-refractivity contribution < 1.29 is 4.43 Å². The molecule has 0 amide bonds. The van der Waals surface area contributed by atoms with Crippen molar-refractivity contribution in [2.45, 2.75) is 97.1 Å². The molecule has 0 heterocycles. The molecule has 2 aromatic rings. The number of hydrogen-bond acceptors (Lipinski definition) is 2. The molecule has 0 saturated carbocycles. The van der Waals surface area contributed by atoms with Gasteiger partial charge in [0.15, 0.2) is 0 Å². The molecular weight excluding hydrogens is 430 g/mol. The summed E-state index contributed by atoms with van der Waals surface area (Å²) in [6, 6.07) is 22.5. The molecule has 1 N–H and O–H groups in total. The van der Waals surface area contributed by atoms with Crippen LogP contribution in [0.1, 0.15) is 86.0 Å². The van der Waals surface area contributed by atoms with Crippen LogP contribution >= 0.6 is 0 Å². The van der Waals surface area contributed by atoms with Gasteiger partial charge >= 0.3 is 0 Å². The number of nitrogens with one attached hydrogen (secondary N) is 1. The van der Waals surface area contributed by atoms with Gasteiger partial charge in [-0.1, -0.05) is 120 Å². The lowest BCUT2D eigenvalue weighted by Crippen LogP contribution is -2.66. The van der Waals surface area contributed by atoms with Gasteiger partial charge in [-0.05, 0) is 60.5 Å². The van der Waals surface area contributed by atoms with E-state index in [-0.39, 0.29) is 5.04 Å². The van der Waals surface area contributed by atoms with E-state index in [1.165, 1.54) is 55.3 Å². The summed E-state index contributed by atoms with van der Waals surface area (Å²) in [5.41, 5.74) is 0. The van der Waals surface area contributed by atoms with E-state index < -0.39 is 8.32 Å². The Bertz CT molecular complexity index is 756. The monoisotopic (exact) mass is 479 g/mol. The van der Waals surface area contributed by atoms with Gasteiger partial charge in [-0.2, -0.15) is 0 Å². The average Bonchev–Trinajstić information content (AvgIpc) is 2.82. The van der Waals surface area contributed by atoms with Crippen molar-refractivity contribution in [3.05, 3.63) is 72.8 Å². The second-order valence-electron chi connectivity index (χ2n) is 10.8. The SMILES string of the molecule is CC(C)NCCCC/C=C\CCCCCCO[Si](c1ccccc1)(c1ccccc1)C(C)(C)C. The highest BCUT2D eigenvalue weighted by Crippen LogP contribution is 2.36. The molecule has 0 spiro atoms. The van der Waals surface area contributed by atoms with E-state index in [1.807, 2.05) is 0 Å². The molecule has 0 aromatic heterocycles. The lowest BCUT2D eigenvalue weighted by atomic mass is 10.1. The van der Waals surface area contributed by atoms with Crippen LogP contribution in [0.2, 0.25) is 5.04 Å². The predicted octanol–water partition coefficient (Wildman–Crippen LogP) is 7.24. The summed E-state index contributed by atoms with van der Waals surface area (Å²) >= 11 is 0. The Balaban J connectivity index is 1.78. The second-order valence-corrected chi connectivity index (χ2v) is 15.1. The zero-order valence-electron chi connectivity index (χ0n) is 22.5. The largest absolute Gasteiger partial charge is 0.407 e. The Morgan fingerprint density at radius 1 is 0.735 bits per heavy atom. The van der Waals surface area contributed by atoms with Crippen LogP contribution in [0.4, 0.5) is 0 Å². The summed E-state index contributed by atoms with van der Waals surface area (Å²) in [5.74, 6) is 0. The maximum atomic E-state index is 6.99. The van der Waals surface area contributed by atoms with Gasteiger partial charge in [0.1, 0.15) is 0 Å². The Morgan fingerprint density at radius 2 is 1.24 bits per heavy atom. The van der Waals surface area contributed by atoms with Crippen LogP contribution in [0.15, 0.2) is 72.8 Å². The topological polar surface area (TPSA) is 21.3 Å². The van der Waals surface area contributed by atoms with Gasteiger partial charge in [0.2, 0.25) is 0 Å². The van der Waals surface area contributed by atoms with Gasteiger partial charge in [-0.15, -0.1) is 0 Å². The first-order valence-corrected chi connectivity index (χ1v) is 15.4. The van der Waals surface area contributed by atoms with Gasteiger partial charge in [0, 0.05) is 12.6 Å². The minimum atomic E-state index is -2.37. The molecule has 0 atom stereocenters. The maximum absolute atomic E-state index is 6.99. The summed E-state index contributed by atoms with van der Waals surface area (Å²) in [6.07, 6.45) is 14.7. The van der Waals surface area contributed by atoms with Crippen LogP contribution in [0.3, 0.4) is 0 Å². The molecule has 0 aliphatic carbocycles. The lowest BCUT2D eigenvalue weighted by Gasteiger charge is -2.43. The highest BCUT2D eigenvalue weighted by molar-refractivity contribution is 6.99. The minimum absolute atomic E-state index is 0.0609. The molecule has 3 heteroatoms. The van der Waals surface area contributed by atoms with E-state index in [0.29, 0.717) is 6.04 Å². The third kappa shape index (κ3) is 9.17. The van der Waals surface area contributed by atoms with Gasteiger partial charge in [-0.3, -0.25) is 0 Å². The first-order valence-electron chi connectivity index (χ1n) is 13.5. The molecule has 2 rings (SSSR count). The van der Waals surface area contributed by atoms with E-state index >= 15 is 0 Å². The molecule has 0 aliphatic rings. The van der Waals surface area contributed by atoms with Crippen molar-refractivity contribution in [2.24, 2.45) is 0 Å². The molecule has 0 saturated heterocycles. The Labute approximate surface area is 211 Å². The van der Waals surface area contributed by atoms with Crippen molar-refractivity contribution >= 4 is 18.7 Å². The molecular formula is C31H49NOSi. The van der Waals surface area contributed by atoms with Crippen LogP contribution < -0.4 is 15.7 Å². The summed E-state index contributed by atoms with van der Waals surface area (Å²) in [4.78, 5) is 0. The second kappa shape index (κ2) is 15.3. The smallest absolute Gasteiger partial charge is 0.261 e. The first-order chi connectivity index (χ1) is 16.4. The Hall–Kier alpha value is -1.68. The molecule has 2 aromatic carbocycles. The van der Waals surface area contributed by atoms with Crippen LogP contribution in [-0.4, -0.2) is 27.5 Å². The standard InChI is InChI=1S/C31H49NOSi/c1-28(2)32-26-20-12-10-8-6-7-9-11-13-21-27-33-34(31(3,4)5,29-22-16-14-17-23-29)30-24-18-15-19-25-30/h6,8,14-19,22-25,28,32H,7,9-13,20-21,26-27H2,1-5H3/b8-6-. The maximum Gasteiger partial charge on any atom is 0.261 e. The van der Waals surface area contributed by atoms with Crippen molar-refractivity contribution in [1.29, 1.82) is 0 Å².